The van der Waals surface area contributed by atoms with Gasteiger partial charge in [0.05, 0.1) is 19.0 Å². The van der Waals surface area contributed by atoms with E-state index >= 15 is 0 Å². The molecule has 1 aliphatic rings. The van der Waals surface area contributed by atoms with E-state index in [0.717, 1.165) is 6.42 Å². The van der Waals surface area contributed by atoms with Gasteiger partial charge in [-0.05, 0) is 18.2 Å². The average molecular weight is 285 g/mol. The van der Waals surface area contributed by atoms with Crippen molar-refractivity contribution in [2.24, 2.45) is 0 Å². The van der Waals surface area contributed by atoms with Crippen molar-refractivity contribution >= 4 is 12.0 Å². The van der Waals surface area contributed by atoms with Gasteiger partial charge in [-0.1, -0.05) is 0 Å². The fourth-order valence-corrected chi connectivity index (χ4v) is 2.19. The fourth-order valence-electron chi connectivity index (χ4n) is 2.19. The molecule has 1 saturated heterocycles. The van der Waals surface area contributed by atoms with Crippen LogP contribution in [0.2, 0.25) is 0 Å². The second kappa shape index (κ2) is 6.21. The highest BCUT2D eigenvalue weighted by molar-refractivity contribution is 5.91. The first kappa shape index (κ1) is 13.4. The van der Waals surface area contributed by atoms with Crippen molar-refractivity contribution in [3.8, 4) is 5.88 Å². The summed E-state index contributed by atoms with van der Waals surface area (Å²) in [5.74, 6) is 1.11. The molecule has 0 spiro atoms. The molecular formula is C15H15N3O3. The summed E-state index contributed by atoms with van der Waals surface area (Å²) in [6.45, 7) is 1.23. The number of furan rings is 1. The third-order valence-electron chi connectivity index (χ3n) is 3.22. The zero-order chi connectivity index (χ0) is 14.5. The van der Waals surface area contributed by atoms with Crippen LogP contribution in [-0.2, 0) is 4.79 Å². The van der Waals surface area contributed by atoms with Crippen molar-refractivity contribution in [1.82, 2.24) is 14.9 Å². The molecule has 1 atom stereocenters. The molecule has 1 amide bonds. The smallest absolute Gasteiger partial charge is 0.246 e. The zero-order valence-corrected chi connectivity index (χ0v) is 11.4. The molecule has 6 heteroatoms. The Labute approximate surface area is 122 Å². The molecule has 3 rings (SSSR count). The normalized spacial score (nSPS) is 18.3. The lowest BCUT2D eigenvalue weighted by atomic mass is 10.3. The Morgan fingerprint density at radius 1 is 1.48 bits per heavy atom. The topological polar surface area (TPSA) is 68.5 Å². The lowest BCUT2D eigenvalue weighted by molar-refractivity contribution is -0.125. The van der Waals surface area contributed by atoms with Crippen molar-refractivity contribution in [3.05, 3.63) is 48.8 Å². The third-order valence-corrected chi connectivity index (χ3v) is 3.22. The van der Waals surface area contributed by atoms with Gasteiger partial charge in [0, 0.05) is 31.4 Å². The van der Waals surface area contributed by atoms with Crippen molar-refractivity contribution in [3.63, 3.8) is 0 Å². The minimum absolute atomic E-state index is 0.0392. The number of carbonyl (C=O) groups is 1. The number of hydrogen-bond donors (Lipinski definition) is 0. The monoisotopic (exact) mass is 285 g/mol. The van der Waals surface area contributed by atoms with Gasteiger partial charge in [-0.15, -0.1) is 0 Å². The van der Waals surface area contributed by atoms with E-state index in [1.54, 1.807) is 48.0 Å². The molecule has 1 aliphatic heterocycles. The molecule has 0 aliphatic carbocycles. The number of amides is 1. The molecule has 0 aromatic carbocycles. The summed E-state index contributed by atoms with van der Waals surface area (Å²) in [5, 5.41) is 0. The van der Waals surface area contributed by atoms with Crippen LogP contribution in [0.3, 0.4) is 0 Å². The lowest BCUT2D eigenvalue weighted by Crippen LogP contribution is -2.29. The summed E-state index contributed by atoms with van der Waals surface area (Å²) in [4.78, 5) is 21.8. The van der Waals surface area contributed by atoms with E-state index in [0.29, 0.717) is 24.7 Å². The molecule has 3 heterocycles. The lowest BCUT2D eigenvalue weighted by Gasteiger charge is -2.14. The molecule has 108 valence electrons. The van der Waals surface area contributed by atoms with Crippen LogP contribution >= 0.6 is 0 Å². The maximum absolute atomic E-state index is 12.1. The standard InChI is InChI=1S/C15H15N3O3/c19-15(4-3-12-2-1-9-20-12)18-8-5-13(11-18)21-14-10-16-6-7-17-14/h1-4,6-7,9-10,13H,5,8,11H2. The van der Waals surface area contributed by atoms with Gasteiger partial charge in [-0.3, -0.25) is 9.78 Å². The first-order valence-corrected chi connectivity index (χ1v) is 6.74. The van der Waals surface area contributed by atoms with E-state index < -0.39 is 0 Å². The summed E-state index contributed by atoms with van der Waals surface area (Å²) < 4.78 is 10.8. The molecule has 0 N–H and O–H groups in total. The van der Waals surface area contributed by atoms with Gasteiger partial charge in [0.2, 0.25) is 11.8 Å². The zero-order valence-electron chi connectivity index (χ0n) is 11.4. The maximum atomic E-state index is 12.1. The maximum Gasteiger partial charge on any atom is 0.246 e. The Morgan fingerprint density at radius 2 is 2.43 bits per heavy atom. The van der Waals surface area contributed by atoms with Crippen LogP contribution in [0.1, 0.15) is 12.2 Å². The molecule has 0 saturated carbocycles. The van der Waals surface area contributed by atoms with E-state index in [2.05, 4.69) is 9.97 Å². The van der Waals surface area contributed by atoms with Crippen molar-refractivity contribution in [2.45, 2.75) is 12.5 Å². The highest BCUT2D eigenvalue weighted by atomic mass is 16.5. The highest BCUT2D eigenvalue weighted by Crippen LogP contribution is 2.16. The van der Waals surface area contributed by atoms with Crippen LogP contribution in [0.5, 0.6) is 5.88 Å². The van der Waals surface area contributed by atoms with E-state index in [4.69, 9.17) is 9.15 Å². The van der Waals surface area contributed by atoms with Crippen LogP contribution in [-0.4, -0.2) is 40.0 Å². The number of carbonyl (C=O) groups excluding carboxylic acids is 1. The number of nitrogens with zero attached hydrogens (tertiary/aromatic N) is 3. The van der Waals surface area contributed by atoms with Crippen LogP contribution in [0.25, 0.3) is 6.08 Å². The summed E-state index contributed by atoms with van der Waals surface area (Å²) >= 11 is 0. The first-order valence-electron chi connectivity index (χ1n) is 6.74. The van der Waals surface area contributed by atoms with Gasteiger partial charge in [-0.2, -0.15) is 0 Å². The molecule has 0 bridgehead atoms. The predicted octanol–water partition coefficient (Wildman–Crippen LogP) is 1.76. The molecule has 1 unspecified atom stereocenters. The van der Waals surface area contributed by atoms with Gasteiger partial charge >= 0.3 is 0 Å². The fraction of sp³-hybridized carbons (Fsp3) is 0.267. The largest absolute Gasteiger partial charge is 0.471 e. The quantitative estimate of drug-likeness (QED) is 0.801. The SMILES string of the molecule is O=C(C=Cc1ccco1)N1CCC(Oc2cnccn2)C1. The average Bonchev–Trinajstić information content (AvgIpc) is 3.17. The second-order valence-electron chi connectivity index (χ2n) is 4.71. The summed E-state index contributed by atoms with van der Waals surface area (Å²) in [6, 6.07) is 3.58. The van der Waals surface area contributed by atoms with Crippen LogP contribution in [0.15, 0.2) is 47.5 Å². The molecule has 2 aromatic rings. The molecule has 1 fully saturated rings. The number of likely N-dealkylation sites (tertiary alicyclic amines) is 1. The van der Waals surface area contributed by atoms with E-state index in [1.807, 2.05) is 0 Å². The molecule has 21 heavy (non-hydrogen) atoms. The Hall–Kier alpha value is -2.63. The van der Waals surface area contributed by atoms with Gasteiger partial charge in [0.1, 0.15) is 11.9 Å². The summed E-state index contributed by atoms with van der Waals surface area (Å²) in [5.41, 5.74) is 0. The number of ether oxygens (including phenoxy) is 1. The minimum atomic E-state index is -0.0448. The van der Waals surface area contributed by atoms with Crippen LogP contribution in [0, 0.1) is 0 Å². The van der Waals surface area contributed by atoms with Crippen molar-refractivity contribution in [2.75, 3.05) is 13.1 Å². The van der Waals surface area contributed by atoms with Crippen LogP contribution in [0.4, 0.5) is 0 Å². The number of rotatable bonds is 4. The van der Waals surface area contributed by atoms with Gasteiger partial charge in [-0.25, -0.2) is 4.98 Å². The van der Waals surface area contributed by atoms with Gasteiger partial charge < -0.3 is 14.1 Å². The molecule has 0 radical (unpaired) electrons. The van der Waals surface area contributed by atoms with E-state index in [9.17, 15) is 4.79 Å². The number of hydrogen-bond acceptors (Lipinski definition) is 5. The van der Waals surface area contributed by atoms with Crippen molar-refractivity contribution in [1.29, 1.82) is 0 Å². The number of aromatic nitrogens is 2. The Kier molecular flexibility index (Phi) is 3.95. The van der Waals surface area contributed by atoms with E-state index in [-0.39, 0.29) is 12.0 Å². The first-order chi connectivity index (χ1) is 10.3. The third kappa shape index (κ3) is 3.47. The van der Waals surface area contributed by atoms with Crippen LogP contribution < -0.4 is 4.74 Å². The highest BCUT2D eigenvalue weighted by Gasteiger charge is 2.26. The summed E-state index contributed by atoms with van der Waals surface area (Å²) in [7, 11) is 0. The van der Waals surface area contributed by atoms with Crippen molar-refractivity contribution < 1.29 is 13.9 Å². The Balaban J connectivity index is 1.53. The second-order valence-corrected chi connectivity index (χ2v) is 4.71. The molecular weight excluding hydrogens is 270 g/mol. The Bertz CT molecular complexity index is 610. The van der Waals surface area contributed by atoms with E-state index in [1.165, 1.54) is 6.08 Å². The Morgan fingerprint density at radius 3 is 3.19 bits per heavy atom. The predicted molar refractivity (Wildman–Crippen MR) is 75.4 cm³/mol. The minimum Gasteiger partial charge on any atom is -0.471 e. The van der Waals surface area contributed by atoms with Gasteiger partial charge in [0.15, 0.2) is 0 Å². The molecule has 2 aromatic heterocycles. The molecule has 6 nitrogen and oxygen atoms in total. The van der Waals surface area contributed by atoms with Gasteiger partial charge in [0.25, 0.3) is 0 Å². The summed E-state index contributed by atoms with van der Waals surface area (Å²) in [6.07, 6.45) is 10.3.